The van der Waals surface area contributed by atoms with E-state index in [2.05, 4.69) is 5.32 Å². The summed E-state index contributed by atoms with van der Waals surface area (Å²) in [5.41, 5.74) is 1.64. The standard InChI is InChI=1S/C26H33FN4O4S/c1-18-9-12-25(20-7-5-4-6-8-20)36(34,35)31(18)16-21-10-11-22(15-23(21)27)29-13-14-30(19(2)32)24(17-29)26(33)28-3/h4-8,10-11,15,18,24-25H,9,12-14,16-17H2,1-3H3,(H,28,33)/t18-,24-,25?/m0/s1. The second-order valence-corrected chi connectivity index (χ2v) is 11.5. The van der Waals surface area contributed by atoms with E-state index < -0.39 is 27.1 Å². The highest BCUT2D eigenvalue weighted by Crippen LogP contribution is 2.38. The van der Waals surface area contributed by atoms with E-state index in [1.807, 2.05) is 42.2 Å². The molecule has 2 amide bonds. The molecule has 194 valence electrons. The van der Waals surface area contributed by atoms with E-state index in [4.69, 9.17) is 0 Å². The second kappa shape index (κ2) is 10.6. The van der Waals surface area contributed by atoms with Crippen molar-refractivity contribution in [1.29, 1.82) is 0 Å². The van der Waals surface area contributed by atoms with E-state index in [1.54, 1.807) is 12.1 Å². The minimum absolute atomic E-state index is 0.0437. The maximum absolute atomic E-state index is 15.3. The first-order valence-electron chi connectivity index (χ1n) is 12.2. The van der Waals surface area contributed by atoms with Crippen molar-refractivity contribution >= 4 is 27.5 Å². The van der Waals surface area contributed by atoms with E-state index in [-0.39, 0.29) is 30.9 Å². The number of piperazine rings is 1. The van der Waals surface area contributed by atoms with E-state index >= 15 is 4.39 Å². The summed E-state index contributed by atoms with van der Waals surface area (Å²) in [5, 5.41) is 1.95. The summed E-state index contributed by atoms with van der Waals surface area (Å²) < 4.78 is 43.7. The number of nitrogens with one attached hydrogen (secondary N) is 1. The number of halogens is 1. The first-order valence-corrected chi connectivity index (χ1v) is 13.7. The van der Waals surface area contributed by atoms with Gasteiger partial charge in [0.05, 0.1) is 0 Å². The van der Waals surface area contributed by atoms with Gasteiger partial charge in [-0.15, -0.1) is 0 Å². The molecule has 2 saturated heterocycles. The number of likely N-dealkylation sites (N-methyl/N-ethyl adjacent to an activating group) is 1. The van der Waals surface area contributed by atoms with Crippen molar-refractivity contribution < 1.29 is 22.4 Å². The molecule has 2 fully saturated rings. The first kappa shape index (κ1) is 26.1. The van der Waals surface area contributed by atoms with Gasteiger partial charge in [0.15, 0.2) is 0 Å². The average Bonchev–Trinajstić information content (AvgIpc) is 2.86. The van der Waals surface area contributed by atoms with Gasteiger partial charge < -0.3 is 15.1 Å². The van der Waals surface area contributed by atoms with E-state index in [0.717, 1.165) is 5.56 Å². The van der Waals surface area contributed by atoms with Gasteiger partial charge in [-0.05, 0) is 37.5 Å². The van der Waals surface area contributed by atoms with E-state index in [0.29, 0.717) is 37.2 Å². The molecule has 8 nitrogen and oxygen atoms in total. The summed E-state index contributed by atoms with van der Waals surface area (Å²) in [4.78, 5) is 27.7. The van der Waals surface area contributed by atoms with Gasteiger partial charge in [0.2, 0.25) is 21.8 Å². The molecule has 2 aliphatic heterocycles. The van der Waals surface area contributed by atoms with Crippen LogP contribution in [0.2, 0.25) is 0 Å². The highest BCUT2D eigenvalue weighted by atomic mass is 32.2. The lowest BCUT2D eigenvalue weighted by molar-refractivity contribution is -0.139. The smallest absolute Gasteiger partial charge is 0.244 e. The van der Waals surface area contributed by atoms with Crippen molar-refractivity contribution in [2.45, 2.75) is 50.6 Å². The fourth-order valence-corrected chi connectivity index (χ4v) is 7.35. The molecule has 0 bridgehead atoms. The minimum Gasteiger partial charge on any atom is -0.367 e. The molecule has 4 rings (SSSR count). The largest absolute Gasteiger partial charge is 0.367 e. The lowest BCUT2D eigenvalue weighted by Crippen LogP contribution is -2.60. The predicted molar refractivity (Wildman–Crippen MR) is 136 cm³/mol. The third kappa shape index (κ3) is 5.10. The normalized spacial score (nSPS) is 24.4. The third-order valence-corrected chi connectivity index (χ3v) is 9.63. The lowest BCUT2D eigenvalue weighted by Gasteiger charge is -2.41. The molecule has 3 atom stereocenters. The molecule has 1 unspecified atom stereocenters. The Labute approximate surface area is 212 Å². The van der Waals surface area contributed by atoms with Crippen LogP contribution in [0.15, 0.2) is 48.5 Å². The third-order valence-electron chi connectivity index (χ3n) is 7.26. The van der Waals surface area contributed by atoms with E-state index in [1.165, 1.54) is 29.2 Å². The molecule has 0 saturated carbocycles. The Morgan fingerprint density at radius 3 is 2.44 bits per heavy atom. The Balaban J connectivity index is 1.54. The van der Waals surface area contributed by atoms with Crippen LogP contribution >= 0.6 is 0 Å². The van der Waals surface area contributed by atoms with E-state index in [9.17, 15) is 18.0 Å². The van der Waals surface area contributed by atoms with Crippen LogP contribution in [0.3, 0.4) is 0 Å². The molecule has 2 aromatic rings. The Morgan fingerprint density at radius 2 is 1.81 bits per heavy atom. The van der Waals surface area contributed by atoms with Crippen molar-refractivity contribution in [1.82, 2.24) is 14.5 Å². The summed E-state index contributed by atoms with van der Waals surface area (Å²) in [7, 11) is -2.15. The summed E-state index contributed by atoms with van der Waals surface area (Å²) in [6.07, 6.45) is 1.23. The Morgan fingerprint density at radius 1 is 1.08 bits per heavy atom. The summed E-state index contributed by atoms with van der Waals surface area (Å²) in [6, 6.07) is 13.0. The summed E-state index contributed by atoms with van der Waals surface area (Å²) in [6.45, 7) is 4.30. The van der Waals surface area contributed by atoms with Gasteiger partial charge in [-0.2, -0.15) is 4.31 Å². The zero-order chi connectivity index (χ0) is 26.0. The van der Waals surface area contributed by atoms with Crippen molar-refractivity contribution in [2.75, 3.05) is 31.6 Å². The number of sulfonamides is 1. The molecule has 0 spiro atoms. The summed E-state index contributed by atoms with van der Waals surface area (Å²) in [5.74, 6) is -0.957. The van der Waals surface area contributed by atoms with Crippen LogP contribution in [0.1, 0.15) is 43.1 Å². The van der Waals surface area contributed by atoms with Crippen LogP contribution in [0.5, 0.6) is 0 Å². The predicted octanol–water partition coefficient (Wildman–Crippen LogP) is 2.66. The molecular formula is C26H33FN4O4S. The lowest BCUT2D eigenvalue weighted by atomic mass is 10.0. The average molecular weight is 517 g/mol. The number of anilines is 1. The summed E-state index contributed by atoms with van der Waals surface area (Å²) >= 11 is 0. The quantitative estimate of drug-likeness (QED) is 0.660. The Bertz CT molecular complexity index is 1220. The molecule has 2 heterocycles. The molecule has 2 aromatic carbocycles. The number of nitrogens with zero attached hydrogens (tertiary/aromatic N) is 3. The molecule has 1 N–H and O–H groups in total. The second-order valence-electron chi connectivity index (χ2n) is 9.48. The molecule has 2 aliphatic rings. The van der Waals surface area contributed by atoms with Crippen molar-refractivity contribution in [3.63, 3.8) is 0 Å². The van der Waals surface area contributed by atoms with Crippen molar-refractivity contribution in [3.8, 4) is 0 Å². The van der Waals surface area contributed by atoms with Crippen LogP contribution in [-0.2, 0) is 26.2 Å². The first-order chi connectivity index (χ1) is 17.1. The number of hydrogen-bond donors (Lipinski definition) is 1. The van der Waals surface area contributed by atoms with Crippen molar-refractivity contribution in [2.24, 2.45) is 0 Å². The molecule has 0 aliphatic carbocycles. The SMILES string of the molecule is CNC(=O)[C@@H]1CN(c2ccc(CN3[C@@H](C)CCC(c4ccccc4)S3(=O)=O)c(F)c2)CCN1C(C)=O. The van der Waals surface area contributed by atoms with Gasteiger partial charge >= 0.3 is 0 Å². The monoisotopic (exact) mass is 516 g/mol. The fraction of sp³-hybridized carbons (Fsp3) is 0.462. The number of carbonyl (C=O) groups is 2. The van der Waals surface area contributed by atoms with Crippen LogP contribution < -0.4 is 10.2 Å². The highest BCUT2D eigenvalue weighted by molar-refractivity contribution is 7.89. The Kier molecular flexibility index (Phi) is 7.65. The topological polar surface area (TPSA) is 90.0 Å². The fourth-order valence-electron chi connectivity index (χ4n) is 5.17. The molecule has 0 radical (unpaired) electrons. The zero-order valence-corrected chi connectivity index (χ0v) is 21.7. The molecular weight excluding hydrogens is 483 g/mol. The maximum Gasteiger partial charge on any atom is 0.244 e. The van der Waals surface area contributed by atoms with Gasteiger partial charge in [0.1, 0.15) is 17.1 Å². The van der Waals surface area contributed by atoms with Crippen LogP contribution in [0, 0.1) is 5.82 Å². The Hall–Kier alpha value is -2.98. The maximum atomic E-state index is 15.3. The van der Waals surface area contributed by atoms with Gasteiger partial charge in [0, 0.05) is 57.4 Å². The van der Waals surface area contributed by atoms with Gasteiger partial charge in [-0.1, -0.05) is 36.4 Å². The molecule has 0 aromatic heterocycles. The van der Waals surface area contributed by atoms with Gasteiger partial charge in [0.25, 0.3) is 0 Å². The number of rotatable bonds is 5. The number of amides is 2. The highest BCUT2D eigenvalue weighted by Gasteiger charge is 2.41. The van der Waals surface area contributed by atoms with Crippen LogP contribution in [0.25, 0.3) is 0 Å². The minimum atomic E-state index is -3.67. The number of carbonyl (C=O) groups excluding carboxylic acids is 2. The van der Waals surface area contributed by atoms with Gasteiger partial charge in [-0.25, -0.2) is 12.8 Å². The molecule has 36 heavy (non-hydrogen) atoms. The molecule has 10 heteroatoms. The van der Waals surface area contributed by atoms with Crippen molar-refractivity contribution in [3.05, 3.63) is 65.5 Å². The van der Waals surface area contributed by atoms with Crippen LogP contribution in [0.4, 0.5) is 10.1 Å². The zero-order valence-electron chi connectivity index (χ0n) is 20.9. The number of benzene rings is 2. The number of hydrogen-bond acceptors (Lipinski definition) is 5. The van der Waals surface area contributed by atoms with Crippen LogP contribution in [-0.4, -0.2) is 68.2 Å². The van der Waals surface area contributed by atoms with Gasteiger partial charge in [-0.3, -0.25) is 9.59 Å².